The molecule has 7 heteroatoms. The number of nitrogens with one attached hydrogen (secondary N) is 1. The molecule has 1 heterocycles. The molecule has 5 N–H and O–H groups in total. The molecule has 1 aliphatic carbocycles. The monoisotopic (exact) mass is 356 g/mol. The smallest absolute Gasteiger partial charge is 0.224 e. The highest BCUT2D eigenvalue weighted by Crippen LogP contribution is 2.39. The van der Waals surface area contributed by atoms with Crippen LogP contribution in [0, 0.1) is 0 Å². The van der Waals surface area contributed by atoms with E-state index in [1.807, 2.05) is 29.2 Å². The fourth-order valence-electron chi connectivity index (χ4n) is 3.75. The van der Waals surface area contributed by atoms with Gasteiger partial charge in [-0.25, -0.2) is 4.99 Å². The lowest BCUT2D eigenvalue weighted by atomic mass is 9.87. The number of hydrogen-bond acceptors (Lipinski definition) is 6. The van der Waals surface area contributed by atoms with Crippen molar-refractivity contribution in [3.8, 4) is 0 Å². The molecule has 0 saturated heterocycles. The van der Waals surface area contributed by atoms with Gasteiger partial charge >= 0.3 is 0 Å². The number of carbonyl (C=O) groups excluding carboxylic acids is 1. The molecule has 1 aromatic carbocycles. The Bertz CT molecular complexity index is 703. The molecule has 0 bridgehead atoms. The Kier molecular flexibility index (Phi) is 5.44. The zero-order valence-electron chi connectivity index (χ0n) is 15.4. The van der Waals surface area contributed by atoms with Crippen molar-refractivity contribution < 1.29 is 4.79 Å². The zero-order chi connectivity index (χ0) is 18.6. The number of unbranched alkanes of at least 4 members (excludes halogenated alkanes) is 1. The summed E-state index contributed by atoms with van der Waals surface area (Å²) in [6.45, 7) is 2.07. The minimum atomic E-state index is -0.444. The summed E-state index contributed by atoms with van der Waals surface area (Å²) in [5, 5.41) is 2.93. The molecule has 1 amide bonds. The summed E-state index contributed by atoms with van der Waals surface area (Å²) < 4.78 is 0. The molecule has 140 valence electrons. The lowest BCUT2D eigenvalue weighted by Gasteiger charge is -2.45. The van der Waals surface area contributed by atoms with E-state index in [1.54, 1.807) is 0 Å². The van der Waals surface area contributed by atoms with Gasteiger partial charge in [0.2, 0.25) is 17.8 Å². The highest BCUT2D eigenvalue weighted by molar-refractivity contribution is 6.05. The van der Waals surface area contributed by atoms with Crippen LogP contribution in [0.2, 0.25) is 0 Å². The van der Waals surface area contributed by atoms with Gasteiger partial charge in [-0.2, -0.15) is 4.99 Å². The highest BCUT2D eigenvalue weighted by Gasteiger charge is 2.42. The predicted octanol–water partition coefficient (Wildman–Crippen LogP) is 2.93. The predicted molar refractivity (Wildman–Crippen MR) is 106 cm³/mol. The third kappa shape index (κ3) is 3.81. The van der Waals surface area contributed by atoms with E-state index in [2.05, 4.69) is 22.2 Å². The van der Waals surface area contributed by atoms with E-state index in [4.69, 9.17) is 11.5 Å². The van der Waals surface area contributed by atoms with Crippen LogP contribution in [0.4, 0.5) is 11.4 Å². The van der Waals surface area contributed by atoms with Crippen molar-refractivity contribution in [2.45, 2.75) is 64.0 Å². The summed E-state index contributed by atoms with van der Waals surface area (Å²) in [5.74, 6) is 0.666. The lowest BCUT2D eigenvalue weighted by molar-refractivity contribution is -0.116. The van der Waals surface area contributed by atoms with Crippen molar-refractivity contribution in [3.05, 3.63) is 24.3 Å². The van der Waals surface area contributed by atoms with Crippen LogP contribution in [-0.2, 0) is 4.79 Å². The Morgan fingerprint density at radius 2 is 1.88 bits per heavy atom. The first-order valence-corrected chi connectivity index (χ1v) is 9.44. The molecule has 0 atom stereocenters. The van der Waals surface area contributed by atoms with Gasteiger partial charge in [0.25, 0.3) is 0 Å². The Labute approximate surface area is 154 Å². The van der Waals surface area contributed by atoms with Crippen LogP contribution in [-0.4, -0.2) is 23.5 Å². The molecule has 2 aliphatic rings. The Balaban J connectivity index is 1.80. The molecular weight excluding hydrogens is 328 g/mol. The fraction of sp³-hybridized carbons (Fsp3) is 0.526. The molecule has 1 spiro atoms. The number of anilines is 2. The van der Waals surface area contributed by atoms with E-state index in [0.29, 0.717) is 12.4 Å². The van der Waals surface area contributed by atoms with Gasteiger partial charge in [-0.05, 0) is 56.4 Å². The van der Waals surface area contributed by atoms with Crippen molar-refractivity contribution >= 4 is 29.2 Å². The maximum atomic E-state index is 11.9. The average molecular weight is 356 g/mol. The summed E-state index contributed by atoms with van der Waals surface area (Å²) in [5.41, 5.74) is 13.4. The first-order chi connectivity index (χ1) is 12.5. The lowest BCUT2D eigenvalue weighted by Crippen LogP contribution is -2.58. The van der Waals surface area contributed by atoms with Crippen LogP contribution in [0.3, 0.4) is 0 Å². The first-order valence-electron chi connectivity index (χ1n) is 9.44. The van der Waals surface area contributed by atoms with E-state index in [1.165, 1.54) is 6.42 Å². The summed E-state index contributed by atoms with van der Waals surface area (Å²) in [7, 11) is 0. The van der Waals surface area contributed by atoms with Crippen LogP contribution in [0.5, 0.6) is 0 Å². The van der Waals surface area contributed by atoms with Gasteiger partial charge in [0.15, 0.2) is 0 Å². The number of carbonyl (C=O) groups is 1. The summed E-state index contributed by atoms with van der Waals surface area (Å²) in [4.78, 5) is 22.7. The number of rotatable bonds is 5. The van der Waals surface area contributed by atoms with Gasteiger partial charge in [-0.15, -0.1) is 0 Å². The Morgan fingerprint density at radius 3 is 2.54 bits per heavy atom. The topological polar surface area (TPSA) is 109 Å². The normalized spacial score (nSPS) is 19.0. The molecule has 0 radical (unpaired) electrons. The molecule has 0 unspecified atom stereocenters. The van der Waals surface area contributed by atoms with Crippen molar-refractivity contribution in [2.75, 3.05) is 10.2 Å². The van der Waals surface area contributed by atoms with Crippen molar-refractivity contribution in [1.29, 1.82) is 0 Å². The molecule has 3 rings (SSSR count). The highest BCUT2D eigenvalue weighted by atomic mass is 16.1. The summed E-state index contributed by atoms with van der Waals surface area (Å²) in [6.07, 6.45) is 7.63. The third-order valence-corrected chi connectivity index (χ3v) is 5.02. The SMILES string of the molecule is CCCCC(=O)Nc1ccc(N2C(N)=NC(N)=NC23CCCCC3)cc1. The molecule has 1 aromatic rings. The van der Waals surface area contributed by atoms with E-state index in [9.17, 15) is 4.79 Å². The largest absolute Gasteiger partial charge is 0.369 e. The summed E-state index contributed by atoms with van der Waals surface area (Å²) in [6, 6.07) is 7.69. The molecule has 7 nitrogen and oxygen atoms in total. The van der Waals surface area contributed by atoms with Gasteiger partial charge in [-0.3, -0.25) is 9.69 Å². The standard InChI is InChI=1S/C19H28N6O/c1-2-3-7-16(26)22-14-8-10-15(11-9-14)25-18(21)23-17(20)24-19(25)12-5-4-6-13-19/h8-11H,2-7,12-13H2,1H3,(H,22,26)(H4,20,21,23,24). The number of nitrogens with zero attached hydrogens (tertiary/aromatic N) is 3. The second kappa shape index (κ2) is 7.76. The summed E-state index contributed by atoms with van der Waals surface area (Å²) >= 11 is 0. The van der Waals surface area contributed by atoms with Gasteiger partial charge in [-0.1, -0.05) is 19.8 Å². The van der Waals surface area contributed by atoms with Crippen LogP contribution < -0.4 is 21.7 Å². The van der Waals surface area contributed by atoms with Crippen molar-refractivity contribution in [2.24, 2.45) is 21.5 Å². The third-order valence-electron chi connectivity index (χ3n) is 5.02. The minimum Gasteiger partial charge on any atom is -0.369 e. The molecule has 1 saturated carbocycles. The molecule has 1 aliphatic heterocycles. The number of amides is 1. The van der Waals surface area contributed by atoms with E-state index in [0.717, 1.165) is 49.9 Å². The van der Waals surface area contributed by atoms with Gasteiger partial charge < -0.3 is 16.8 Å². The van der Waals surface area contributed by atoms with Crippen molar-refractivity contribution in [3.63, 3.8) is 0 Å². The number of aliphatic imine (C=N–C) groups is 2. The van der Waals surface area contributed by atoms with E-state index in [-0.39, 0.29) is 11.9 Å². The molecule has 0 aromatic heterocycles. The van der Waals surface area contributed by atoms with Gasteiger partial charge in [0.1, 0.15) is 5.66 Å². The quantitative estimate of drug-likeness (QED) is 0.753. The van der Waals surface area contributed by atoms with E-state index < -0.39 is 5.66 Å². The number of nitrogens with two attached hydrogens (primary N) is 2. The first kappa shape index (κ1) is 18.2. The molecular formula is C19H28N6O. The molecule has 1 fully saturated rings. The van der Waals surface area contributed by atoms with Gasteiger partial charge in [0.05, 0.1) is 0 Å². The fourth-order valence-corrected chi connectivity index (χ4v) is 3.75. The average Bonchev–Trinajstić information content (AvgIpc) is 2.61. The second-order valence-electron chi connectivity index (χ2n) is 7.02. The van der Waals surface area contributed by atoms with Crippen LogP contribution in [0.15, 0.2) is 34.3 Å². The van der Waals surface area contributed by atoms with Gasteiger partial charge in [0, 0.05) is 17.8 Å². The van der Waals surface area contributed by atoms with Crippen LogP contribution >= 0.6 is 0 Å². The van der Waals surface area contributed by atoms with Crippen molar-refractivity contribution in [1.82, 2.24) is 0 Å². The van der Waals surface area contributed by atoms with Crippen LogP contribution in [0.25, 0.3) is 0 Å². The maximum Gasteiger partial charge on any atom is 0.224 e. The number of guanidine groups is 2. The molecule has 26 heavy (non-hydrogen) atoms. The number of benzene rings is 1. The second-order valence-corrected chi connectivity index (χ2v) is 7.02. The minimum absolute atomic E-state index is 0.0415. The number of hydrogen-bond donors (Lipinski definition) is 3. The zero-order valence-corrected chi connectivity index (χ0v) is 15.4. The van der Waals surface area contributed by atoms with Crippen LogP contribution in [0.1, 0.15) is 58.3 Å². The Morgan fingerprint density at radius 1 is 1.19 bits per heavy atom. The Hall–Kier alpha value is -2.57. The maximum absolute atomic E-state index is 11.9. The van der Waals surface area contributed by atoms with E-state index >= 15 is 0 Å².